The lowest BCUT2D eigenvalue weighted by molar-refractivity contribution is -0.138. The highest BCUT2D eigenvalue weighted by molar-refractivity contribution is 8.01. The monoisotopic (exact) mass is 253 g/mol. The molecule has 94 valence electrons. The molecule has 1 rings (SSSR count). The second-order valence-corrected chi connectivity index (χ2v) is 6.15. The second kappa shape index (κ2) is 6.07. The van der Waals surface area contributed by atoms with Crippen LogP contribution in [0.2, 0.25) is 0 Å². The first-order chi connectivity index (χ1) is 7.95. The summed E-state index contributed by atoms with van der Waals surface area (Å²) in [5.74, 6) is -0.797. The summed E-state index contributed by atoms with van der Waals surface area (Å²) in [6.45, 7) is 4.12. The summed E-state index contributed by atoms with van der Waals surface area (Å²) in [5, 5.41) is 9.04. The molecule has 0 aliphatic rings. The zero-order valence-corrected chi connectivity index (χ0v) is 11.1. The fourth-order valence-corrected chi connectivity index (χ4v) is 2.32. The maximum Gasteiger partial charge on any atom is 0.319 e. The van der Waals surface area contributed by atoms with Gasteiger partial charge < -0.3 is 10.8 Å². The van der Waals surface area contributed by atoms with Gasteiger partial charge >= 0.3 is 5.97 Å². The van der Waals surface area contributed by atoms with Gasteiger partial charge in [-0.1, -0.05) is 12.1 Å². The van der Waals surface area contributed by atoms with E-state index in [1.807, 2.05) is 24.3 Å². The van der Waals surface area contributed by atoms with Crippen LogP contribution in [-0.4, -0.2) is 22.4 Å². The predicted molar refractivity (Wildman–Crippen MR) is 71.4 cm³/mol. The van der Waals surface area contributed by atoms with Gasteiger partial charge in [0, 0.05) is 4.90 Å². The van der Waals surface area contributed by atoms with Crippen molar-refractivity contribution in [2.75, 3.05) is 6.54 Å². The Morgan fingerprint density at radius 1 is 1.35 bits per heavy atom. The summed E-state index contributed by atoms with van der Waals surface area (Å²) in [6.07, 6.45) is 1.96. The molecule has 0 bridgehead atoms. The average Bonchev–Trinajstić information content (AvgIpc) is 2.27. The van der Waals surface area contributed by atoms with Crippen LogP contribution in [0.25, 0.3) is 0 Å². The molecule has 0 spiro atoms. The Morgan fingerprint density at radius 2 is 1.94 bits per heavy atom. The fraction of sp³-hybridized carbons (Fsp3) is 0.462. The number of thioether (sulfide) groups is 1. The third kappa shape index (κ3) is 4.40. The van der Waals surface area contributed by atoms with Crippen LogP contribution in [0.5, 0.6) is 0 Å². The molecule has 0 aliphatic carbocycles. The van der Waals surface area contributed by atoms with Gasteiger partial charge in [-0.2, -0.15) is 0 Å². The van der Waals surface area contributed by atoms with Crippen LogP contribution in [0.15, 0.2) is 29.2 Å². The standard InChI is InChI=1S/C13H19NO2S/c1-13(2,12(15)16)17-11-7-5-10(6-8-11)4-3-9-14/h5-8H,3-4,9,14H2,1-2H3,(H,15,16). The highest BCUT2D eigenvalue weighted by Crippen LogP contribution is 2.32. The van der Waals surface area contributed by atoms with Gasteiger partial charge in [0.1, 0.15) is 4.75 Å². The summed E-state index contributed by atoms with van der Waals surface area (Å²) in [5.41, 5.74) is 6.70. The van der Waals surface area contributed by atoms with E-state index in [9.17, 15) is 4.79 Å². The van der Waals surface area contributed by atoms with Gasteiger partial charge in [-0.15, -0.1) is 11.8 Å². The van der Waals surface area contributed by atoms with Crippen molar-refractivity contribution in [2.24, 2.45) is 5.73 Å². The van der Waals surface area contributed by atoms with Crippen molar-refractivity contribution in [3.8, 4) is 0 Å². The van der Waals surface area contributed by atoms with Crippen molar-refractivity contribution in [1.82, 2.24) is 0 Å². The quantitative estimate of drug-likeness (QED) is 0.765. The second-order valence-electron chi connectivity index (χ2n) is 4.45. The Balaban J connectivity index is 2.65. The minimum absolute atomic E-state index is 0.697. The van der Waals surface area contributed by atoms with Crippen LogP contribution >= 0.6 is 11.8 Å². The Hall–Kier alpha value is -1.00. The SMILES string of the molecule is CC(C)(Sc1ccc(CCCN)cc1)C(=O)O. The lowest BCUT2D eigenvalue weighted by Crippen LogP contribution is -2.26. The summed E-state index contributed by atoms with van der Waals surface area (Å²) in [7, 11) is 0. The van der Waals surface area contributed by atoms with Crippen molar-refractivity contribution in [2.45, 2.75) is 36.3 Å². The maximum atomic E-state index is 11.0. The number of nitrogens with two attached hydrogens (primary N) is 1. The summed E-state index contributed by atoms with van der Waals surface area (Å²) < 4.78 is -0.793. The van der Waals surface area contributed by atoms with Gasteiger partial charge in [0.25, 0.3) is 0 Å². The van der Waals surface area contributed by atoms with Crippen LogP contribution in [0.4, 0.5) is 0 Å². The van der Waals surface area contributed by atoms with E-state index in [0.29, 0.717) is 6.54 Å². The van der Waals surface area contributed by atoms with Gasteiger partial charge in [0.05, 0.1) is 0 Å². The van der Waals surface area contributed by atoms with Crippen molar-refractivity contribution >= 4 is 17.7 Å². The predicted octanol–water partition coefficient (Wildman–Crippen LogP) is 2.53. The lowest BCUT2D eigenvalue weighted by atomic mass is 10.1. The number of carboxylic acid groups (broad SMARTS) is 1. The molecule has 3 nitrogen and oxygen atoms in total. The highest BCUT2D eigenvalue weighted by Gasteiger charge is 2.28. The molecular weight excluding hydrogens is 234 g/mol. The number of carbonyl (C=O) groups is 1. The minimum atomic E-state index is -0.797. The van der Waals surface area contributed by atoms with Crippen molar-refractivity contribution < 1.29 is 9.90 Å². The van der Waals surface area contributed by atoms with Gasteiger partial charge in [0.2, 0.25) is 0 Å². The first-order valence-electron chi connectivity index (χ1n) is 5.67. The molecule has 0 aliphatic heterocycles. The molecule has 0 fully saturated rings. The molecule has 0 saturated heterocycles. The third-order valence-electron chi connectivity index (χ3n) is 2.48. The number of hydrogen-bond donors (Lipinski definition) is 2. The fourth-order valence-electron chi connectivity index (χ4n) is 1.37. The Kier molecular flexibility index (Phi) is 5.02. The van der Waals surface area contributed by atoms with E-state index < -0.39 is 10.7 Å². The molecule has 0 heterocycles. The molecule has 0 radical (unpaired) electrons. The van der Waals surface area contributed by atoms with Crippen LogP contribution in [0.1, 0.15) is 25.8 Å². The lowest BCUT2D eigenvalue weighted by Gasteiger charge is -2.18. The first kappa shape index (κ1) is 14.1. The molecule has 0 amide bonds. The molecule has 1 aromatic rings. The minimum Gasteiger partial charge on any atom is -0.480 e. The Labute approximate surface area is 106 Å². The zero-order valence-electron chi connectivity index (χ0n) is 10.3. The number of benzene rings is 1. The van der Waals surface area contributed by atoms with Crippen molar-refractivity contribution in [1.29, 1.82) is 0 Å². The Morgan fingerprint density at radius 3 is 2.41 bits per heavy atom. The van der Waals surface area contributed by atoms with Crippen molar-refractivity contribution in [3.63, 3.8) is 0 Å². The number of aryl methyl sites for hydroxylation is 1. The van der Waals surface area contributed by atoms with Gasteiger partial charge in [-0.05, 0) is 50.9 Å². The first-order valence-corrected chi connectivity index (χ1v) is 6.49. The molecule has 0 unspecified atom stereocenters. The largest absolute Gasteiger partial charge is 0.480 e. The van der Waals surface area contributed by atoms with Crippen LogP contribution in [0, 0.1) is 0 Å². The van der Waals surface area contributed by atoms with Gasteiger partial charge in [-0.3, -0.25) is 4.79 Å². The summed E-state index contributed by atoms with van der Waals surface area (Å²) >= 11 is 1.36. The van der Waals surface area contributed by atoms with E-state index >= 15 is 0 Å². The van der Waals surface area contributed by atoms with E-state index in [1.165, 1.54) is 17.3 Å². The zero-order chi connectivity index (χ0) is 12.9. The average molecular weight is 253 g/mol. The third-order valence-corrected chi connectivity index (χ3v) is 3.67. The van der Waals surface area contributed by atoms with Gasteiger partial charge in [-0.25, -0.2) is 0 Å². The van der Waals surface area contributed by atoms with E-state index in [2.05, 4.69) is 0 Å². The molecular formula is C13H19NO2S. The normalized spacial score (nSPS) is 11.5. The van der Waals surface area contributed by atoms with Gasteiger partial charge in [0.15, 0.2) is 0 Å². The number of hydrogen-bond acceptors (Lipinski definition) is 3. The summed E-state index contributed by atoms with van der Waals surface area (Å²) in [4.78, 5) is 12.0. The number of carboxylic acids is 1. The molecule has 0 saturated carbocycles. The van der Waals surface area contributed by atoms with E-state index in [1.54, 1.807) is 13.8 Å². The Bertz CT molecular complexity index is 374. The topological polar surface area (TPSA) is 63.3 Å². The molecule has 17 heavy (non-hydrogen) atoms. The molecule has 1 aromatic carbocycles. The highest BCUT2D eigenvalue weighted by atomic mass is 32.2. The summed E-state index contributed by atoms with van der Waals surface area (Å²) in [6, 6.07) is 8.02. The van der Waals surface area contributed by atoms with Crippen LogP contribution < -0.4 is 5.73 Å². The number of aliphatic carboxylic acids is 1. The smallest absolute Gasteiger partial charge is 0.319 e. The van der Waals surface area contributed by atoms with E-state index in [4.69, 9.17) is 10.8 Å². The van der Waals surface area contributed by atoms with E-state index in [-0.39, 0.29) is 0 Å². The molecule has 4 heteroatoms. The molecule has 3 N–H and O–H groups in total. The van der Waals surface area contributed by atoms with Crippen LogP contribution in [-0.2, 0) is 11.2 Å². The van der Waals surface area contributed by atoms with E-state index in [0.717, 1.165) is 17.7 Å². The van der Waals surface area contributed by atoms with Crippen molar-refractivity contribution in [3.05, 3.63) is 29.8 Å². The van der Waals surface area contributed by atoms with Crippen LogP contribution in [0.3, 0.4) is 0 Å². The number of rotatable bonds is 6. The molecule has 0 atom stereocenters. The maximum absolute atomic E-state index is 11.0. The molecule has 0 aromatic heterocycles.